The zero-order valence-electron chi connectivity index (χ0n) is 16.4. The van der Waals surface area contributed by atoms with E-state index in [9.17, 15) is 18.0 Å². The van der Waals surface area contributed by atoms with E-state index in [1.54, 1.807) is 13.1 Å². The molecule has 1 amide bonds. The molecule has 1 heterocycles. The molecule has 5 nitrogen and oxygen atoms in total. The molecule has 0 aliphatic heterocycles. The minimum Gasteiger partial charge on any atom is -0.404 e. The number of nitrogens with two attached hydrogens (primary N) is 2. The molecule has 0 fully saturated rings. The lowest BCUT2D eigenvalue weighted by Crippen LogP contribution is -2.41. The average Bonchev–Trinajstić information content (AvgIpc) is 3.09. The highest BCUT2D eigenvalue weighted by Gasteiger charge is 2.33. The maximum atomic E-state index is 13.2. The third kappa shape index (κ3) is 5.71. The van der Waals surface area contributed by atoms with Gasteiger partial charge >= 0.3 is 6.18 Å². The number of hydrogen-bond donors (Lipinski definition) is 3. The predicted molar refractivity (Wildman–Crippen MR) is 118 cm³/mol. The summed E-state index contributed by atoms with van der Waals surface area (Å²) >= 11 is 4.56. The van der Waals surface area contributed by atoms with Crippen LogP contribution in [0.1, 0.15) is 31.2 Å². The Morgan fingerprint density at radius 1 is 1.37 bits per heavy atom. The summed E-state index contributed by atoms with van der Waals surface area (Å²) in [6.45, 7) is 1.84. The summed E-state index contributed by atoms with van der Waals surface area (Å²) in [5.74, 6) is -0.405. The van der Waals surface area contributed by atoms with Gasteiger partial charge in [-0.15, -0.1) is 11.3 Å². The van der Waals surface area contributed by atoms with Crippen LogP contribution in [0.5, 0.6) is 0 Å². The van der Waals surface area contributed by atoms with Crippen molar-refractivity contribution in [2.24, 2.45) is 16.5 Å². The van der Waals surface area contributed by atoms with Gasteiger partial charge in [0.2, 0.25) is 0 Å². The molecule has 1 unspecified atom stereocenters. The number of aliphatic imine (C=N–C) groups is 1. The fourth-order valence-corrected chi connectivity index (χ4v) is 4.55. The second kappa shape index (κ2) is 10.2. The van der Waals surface area contributed by atoms with Crippen molar-refractivity contribution in [2.75, 3.05) is 13.6 Å². The number of benzene rings is 1. The van der Waals surface area contributed by atoms with E-state index in [0.717, 1.165) is 16.5 Å². The quantitative estimate of drug-likeness (QED) is 0.499. The van der Waals surface area contributed by atoms with Crippen LogP contribution in [0.15, 0.2) is 46.0 Å². The van der Waals surface area contributed by atoms with Gasteiger partial charge < -0.3 is 16.8 Å². The lowest BCUT2D eigenvalue weighted by Gasteiger charge is -2.19. The van der Waals surface area contributed by atoms with Crippen molar-refractivity contribution < 1.29 is 18.0 Å². The minimum absolute atomic E-state index is 0.00171. The first-order valence-electron chi connectivity index (χ1n) is 8.93. The number of carbonyl (C=O) groups excluding carboxylic acids is 1. The molecule has 2 rings (SSSR count). The molecule has 1 atom stereocenters. The molecule has 5 N–H and O–H groups in total. The molecular weight excluding hydrogens is 481 g/mol. The molecule has 0 saturated heterocycles. The third-order valence-electron chi connectivity index (χ3n) is 4.36. The molecular formula is C20H22BrF3N4OS. The molecule has 0 aliphatic rings. The minimum atomic E-state index is -4.47. The van der Waals surface area contributed by atoms with Gasteiger partial charge in [0, 0.05) is 25.8 Å². The Morgan fingerprint density at radius 2 is 2.03 bits per heavy atom. The molecule has 0 radical (unpaired) electrons. The molecule has 1 aromatic carbocycles. The van der Waals surface area contributed by atoms with E-state index in [1.165, 1.54) is 35.7 Å². The van der Waals surface area contributed by atoms with Crippen molar-refractivity contribution in [1.82, 2.24) is 5.32 Å². The molecule has 2 aromatic rings. The van der Waals surface area contributed by atoms with Crippen LogP contribution in [0.3, 0.4) is 0 Å². The second-order valence-electron chi connectivity index (χ2n) is 6.47. The maximum absolute atomic E-state index is 13.2. The summed E-state index contributed by atoms with van der Waals surface area (Å²) in [4.78, 5) is 18.1. The number of amides is 1. The van der Waals surface area contributed by atoms with Crippen molar-refractivity contribution in [3.8, 4) is 0 Å². The van der Waals surface area contributed by atoms with Gasteiger partial charge in [-0.25, -0.2) is 0 Å². The number of aryl methyl sites for hydroxylation is 1. The summed E-state index contributed by atoms with van der Waals surface area (Å²) in [6.07, 6.45) is -3.14. The Hall–Kier alpha value is -2.17. The van der Waals surface area contributed by atoms with Gasteiger partial charge in [0.1, 0.15) is 0 Å². The van der Waals surface area contributed by atoms with Crippen molar-refractivity contribution in [3.05, 3.63) is 67.5 Å². The number of carbonyl (C=O) groups is 1. The van der Waals surface area contributed by atoms with Crippen molar-refractivity contribution in [1.29, 1.82) is 0 Å². The summed E-state index contributed by atoms with van der Waals surface area (Å²) < 4.78 is 40.3. The highest BCUT2D eigenvalue weighted by molar-refractivity contribution is 9.12. The lowest BCUT2D eigenvalue weighted by molar-refractivity contribution is -0.138. The van der Waals surface area contributed by atoms with E-state index >= 15 is 0 Å². The van der Waals surface area contributed by atoms with Crippen LogP contribution in [-0.4, -0.2) is 31.3 Å². The van der Waals surface area contributed by atoms with Gasteiger partial charge in [-0.3, -0.25) is 9.79 Å². The SMILES string of the molecule is CN=C(C(Br)=CN)c1sc(C(=O)NC(CN)Cc2ccccc2C(F)(F)F)cc1C. The predicted octanol–water partition coefficient (Wildman–Crippen LogP) is 3.99. The molecule has 10 heteroatoms. The van der Waals surface area contributed by atoms with Gasteiger partial charge in [-0.1, -0.05) is 18.2 Å². The second-order valence-corrected chi connectivity index (χ2v) is 8.38. The van der Waals surface area contributed by atoms with Gasteiger partial charge in [-0.05, 0) is 52.5 Å². The third-order valence-corrected chi connectivity index (χ3v) is 6.24. The average molecular weight is 503 g/mol. The van der Waals surface area contributed by atoms with Crippen LogP contribution >= 0.6 is 27.3 Å². The largest absolute Gasteiger partial charge is 0.416 e. The van der Waals surface area contributed by atoms with E-state index in [2.05, 4.69) is 26.2 Å². The topological polar surface area (TPSA) is 93.5 Å². The number of hydrogen-bond acceptors (Lipinski definition) is 5. The highest BCUT2D eigenvalue weighted by Crippen LogP contribution is 2.32. The standard InChI is InChI=1S/C20H22BrF3N4OS/c1-11-7-16(30-18(11)17(27-2)15(21)10-26)19(29)28-13(9-25)8-12-5-3-4-6-14(12)20(22,23)24/h3-7,10,13H,8-9,25-26H2,1-2H3,(H,28,29). The number of thiophene rings is 1. The zero-order valence-corrected chi connectivity index (χ0v) is 18.8. The van der Waals surface area contributed by atoms with E-state index < -0.39 is 23.7 Å². The van der Waals surface area contributed by atoms with Gasteiger partial charge in [-0.2, -0.15) is 13.2 Å². The summed E-state index contributed by atoms with van der Waals surface area (Å²) in [6, 6.07) is 6.33. The summed E-state index contributed by atoms with van der Waals surface area (Å²) in [5.41, 5.74) is 12.1. The van der Waals surface area contributed by atoms with Gasteiger partial charge in [0.25, 0.3) is 5.91 Å². The number of nitrogens with zero attached hydrogens (tertiary/aromatic N) is 1. The molecule has 0 saturated carbocycles. The molecule has 162 valence electrons. The Morgan fingerprint density at radius 3 is 2.60 bits per heavy atom. The molecule has 0 spiro atoms. The van der Waals surface area contributed by atoms with E-state index in [1.807, 2.05) is 6.92 Å². The first-order chi connectivity index (χ1) is 14.1. The van der Waals surface area contributed by atoms with Crippen LogP contribution < -0.4 is 16.8 Å². The smallest absolute Gasteiger partial charge is 0.404 e. The fraction of sp³-hybridized carbons (Fsp3) is 0.300. The monoisotopic (exact) mass is 502 g/mol. The lowest BCUT2D eigenvalue weighted by atomic mass is 9.99. The Labute approximate surface area is 185 Å². The summed E-state index contributed by atoms with van der Waals surface area (Å²) in [5, 5.41) is 2.74. The Bertz CT molecular complexity index is 969. The fourth-order valence-electron chi connectivity index (χ4n) is 2.91. The first-order valence-corrected chi connectivity index (χ1v) is 10.5. The van der Waals surface area contributed by atoms with E-state index in [0.29, 0.717) is 15.1 Å². The number of halogens is 4. The number of allylic oxidation sites excluding steroid dienone is 1. The van der Waals surface area contributed by atoms with Crippen molar-refractivity contribution >= 4 is 38.9 Å². The van der Waals surface area contributed by atoms with Gasteiger partial charge in [0.15, 0.2) is 0 Å². The Balaban J connectivity index is 2.22. The number of alkyl halides is 3. The summed E-state index contributed by atoms with van der Waals surface area (Å²) in [7, 11) is 1.61. The van der Waals surface area contributed by atoms with Gasteiger partial charge in [0.05, 0.1) is 25.5 Å². The maximum Gasteiger partial charge on any atom is 0.416 e. The van der Waals surface area contributed by atoms with Crippen LogP contribution in [0.4, 0.5) is 13.2 Å². The van der Waals surface area contributed by atoms with E-state index in [-0.39, 0.29) is 18.5 Å². The van der Waals surface area contributed by atoms with Crippen molar-refractivity contribution in [2.45, 2.75) is 25.6 Å². The van der Waals surface area contributed by atoms with Crippen molar-refractivity contribution in [3.63, 3.8) is 0 Å². The number of nitrogens with one attached hydrogen (secondary N) is 1. The van der Waals surface area contributed by atoms with E-state index in [4.69, 9.17) is 11.5 Å². The van der Waals surface area contributed by atoms with Crippen LogP contribution in [-0.2, 0) is 12.6 Å². The van der Waals surface area contributed by atoms with Crippen LogP contribution in [0.25, 0.3) is 0 Å². The zero-order chi connectivity index (χ0) is 22.5. The normalized spacial score (nSPS) is 14.0. The molecule has 30 heavy (non-hydrogen) atoms. The molecule has 0 aliphatic carbocycles. The molecule has 1 aromatic heterocycles. The Kier molecular flexibility index (Phi) is 8.22. The van der Waals surface area contributed by atoms with Crippen LogP contribution in [0.2, 0.25) is 0 Å². The van der Waals surface area contributed by atoms with Crippen LogP contribution in [0, 0.1) is 6.92 Å². The number of rotatable bonds is 7. The molecule has 0 bridgehead atoms. The highest BCUT2D eigenvalue weighted by atomic mass is 79.9. The first kappa shape index (κ1) is 24.1.